The third-order valence-electron chi connectivity index (χ3n) is 6.36. The highest BCUT2D eigenvalue weighted by Crippen LogP contribution is 2.28. The summed E-state index contributed by atoms with van der Waals surface area (Å²) in [5.74, 6) is -0.992. The van der Waals surface area contributed by atoms with Gasteiger partial charge in [-0.2, -0.15) is 0 Å². The van der Waals surface area contributed by atoms with Crippen molar-refractivity contribution in [1.82, 2.24) is 4.98 Å². The molecule has 0 saturated carbocycles. The SMILES string of the molecule is NC(=O)c1cnc(Nc2ccc(N3CCC(CC(=O)CCl)CC3)cc2)cc1NCc1cc(F)cc(F)c1. The summed E-state index contributed by atoms with van der Waals surface area (Å²) in [5, 5.41) is 6.21. The maximum absolute atomic E-state index is 13.5. The first-order chi connectivity index (χ1) is 17.8. The van der Waals surface area contributed by atoms with Crippen molar-refractivity contribution in [3.63, 3.8) is 0 Å². The van der Waals surface area contributed by atoms with E-state index in [0.29, 0.717) is 29.4 Å². The maximum Gasteiger partial charge on any atom is 0.252 e. The molecule has 1 saturated heterocycles. The Hall–Kier alpha value is -3.72. The molecule has 4 N–H and O–H groups in total. The number of nitrogens with one attached hydrogen (secondary N) is 2. The number of primary amides is 1. The zero-order valence-electron chi connectivity index (χ0n) is 20.1. The average Bonchev–Trinajstić information content (AvgIpc) is 2.88. The highest BCUT2D eigenvalue weighted by atomic mass is 35.5. The molecule has 1 amide bonds. The summed E-state index contributed by atoms with van der Waals surface area (Å²) >= 11 is 5.63. The molecule has 10 heteroatoms. The minimum atomic E-state index is -0.682. The van der Waals surface area contributed by atoms with Crippen molar-refractivity contribution >= 4 is 46.2 Å². The Labute approximate surface area is 219 Å². The van der Waals surface area contributed by atoms with E-state index in [2.05, 4.69) is 20.5 Å². The zero-order chi connectivity index (χ0) is 26.4. The van der Waals surface area contributed by atoms with Crippen molar-refractivity contribution in [3.8, 4) is 0 Å². The molecule has 1 fully saturated rings. The van der Waals surface area contributed by atoms with E-state index in [-0.39, 0.29) is 23.8 Å². The first-order valence-electron chi connectivity index (χ1n) is 12.0. The lowest BCUT2D eigenvalue weighted by Crippen LogP contribution is -2.34. The molecule has 0 spiro atoms. The van der Waals surface area contributed by atoms with Crippen LogP contribution in [-0.2, 0) is 11.3 Å². The van der Waals surface area contributed by atoms with Crippen LogP contribution in [0.3, 0.4) is 0 Å². The number of hydrogen-bond donors (Lipinski definition) is 3. The monoisotopic (exact) mass is 527 g/mol. The Bertz CT molecular complexity index is 1240. The second-order valence-corrected chi connectivity index (χ2v) is 9.36. The number of aromatic nitrogens is 1. The van der Waals surface area contributed by atoms with E-state index in [1.165, 1.54) is 18.3 Å². The van der Waals surface area contributed by atoms with Crippen LogP contribution in [0.15, 0.2) is 54.7 Å². The van der Waals surface area contributed by atoms with Gasteiger partial charge in [-0.05, 0) is 60.7 Å². The number of anilines is 4. The summed E-state index contributed by atoms with van der Waals surface area (Å²) in [7, 11) is 0. The van der Waals surface area contributed by atoms with Crippen LogP contribution in [0.25, 0.3) is 0 Å². The predicted molar refractivity (Wildman–Crippen MR) is 141 cm³/mol. The van der Waals surface area contributed by atoms with Gasteiger partial charge in [-0.25, -0.2) is 13.8 Å². The number of nitrogens with zero attached hydrogens (tertiary/aromatic N) is 2. The predicted octanol–water partition coefficient (Wildman–Crippen LogP) is 5.23. The van der Waals surface area contributed by atoms with Crippen LogP contribution in [0.4, 0.5) is 31.7 Å². The van der Waals surface area contributed by atoms with Gasteiger partial charge in [0.05, 0.1) is 17.1 Å². The first kappa shape index (κ1) is 26.3. The van der Waals surface area contributed by atoms with Gasteiger partial charge in [-0.15, -0.1) is 11.6 Å². The first-order valence-corrected chi connectivity index (χ1v) is 12.5. The summed E-state index contributed by atoms with van der Waals surface area (Å²) < 4.78 is 27.0. The smallest absolute Gasteiger partial charge is 0.252 e. The number of amides is 1. The highest BCUT2D eigenvalue weighted by molar-refractivity contribution is 6.27. The number of rotatable bonds is 10. The fourth-order valence-corrected chi connectivity index (χ4v) is 4.56. The molecule has 0 atom stereocenters. The lowest BCUT2D eigenvalue weighted by atomic mass is 9.92. The van der Waals surface area contributed by atoms with Crippen molar-refractivity contribution in [1.29, 1.82) is 0 Å². The van der Waals surface area contributed by atoms with Crippen molar-refractivity contribution in [2.75, 3.05) is 34.5 Å². The summed E-state index contributed by atoms with van der Waals surface area (Å²) in [5.41, 5.74) is 8.29. The molecule has 194 valence electrons. The Morgan fingerprint density at radius 2 is 1.73 bits per heavy atom. The summed E-state index contributed by atoms with van der Waals surface area (Å²) in [6.07, 6.45) is 3.82. The van der Waals surface area contributed by atoms with E-state index < -0.39 is 17.5 Å². The molecule has 4 rings (SSSR count). The van der Waals surface area contributed by atoms with Gasteiger partial charge in [0.1, 0.15) is 23.2 Å². The molecular weight excluding hydrogens is 500 g/mol. The van der Waals surface area contributed by atoms with E-state index in [1.807, 2.05) is 24.3 Å². The quantitative estimate of drug-likeness (QED) is 0.312. The lowest BCUT2D eigenvalue weighted by Gasteiger charge is -2.33. The molecular formula is C27H28ClF2N5O2. The topological polar surface area (TPSA) is 100 Å². The molecule has 1 aliphatic rings. The Kier molecular flexibility index (Phi) is 8.55. The normalized spacial score (nSPS) is 13.9. The van der Waals surface area contributed by atoms with Crippen LogP contribution in [0.1, 0.15) is 35.2 Å². The number of alkyl halides is 1. The minimum Gasteiger partial charge on any atom is -0.380 e. The number of carbonyl (C=O) groups excluding carboxylic acids is 2. The van der Waals surface area contributed by atoms with E-state index in [4.69, 9.17) is 17.3 Å². The van der Waals surface area contributed by atoms with Gasteiger partial charge >= 0.3 is 0 Å². The second-order valence-electron chi connectivity index (χ2n) is 9.09. The number of piperidine rings is 1. The van der Waals surface area contributed by atoms with Gasteiger partial charge in [0.2, 0.25) is 0 Å². The second kappa shape index (κ2) is 12.0. The number of Topliss-reactive ketones (excluding diaryl/α,β-unsaturated/α-hetero) is 1. The van der Waals surface area contributed by atoms with Crippen LogP contribution in [-0.4, -0.2) is 35.6 Å². The molecule has 37 heavy (non-hydrogen) atoms. The maximum atomic E-state index is 13.5. The van der Waals surface area contributed by atoms with E-state index in [0.717, 1.165) is 43.4 Å². The molecule has 7 nitrogen and oxygen atoms in total. The molecule has 1 aliphatic heterocycles. The van der Waals surface area contributed by atoms with Crippen LogP contribution in [0, 0.1) is 17.6 Å². The van der Waals surface area contributed by atoms with Crippen LogP contribution >= 0.6 is 11.6 Å². The van der Waals surface area contributed by atoms with Crippen molar-refractivity contribution in [2.45, 2.75) is 25.8 Å². The van der Waals surface area contributed by atoms with Crippen molar-refractivity contribution in [2.24, 2.45) is 11.7 Å². The highest BCUT2D eigenvalue weighted by Gasteiger charge is 2.21. The van der Waals surface area contributed by atoms with Gasteiger partial charge < -0.3 is 21.3 Å². The summed E-state index contributed by atoms with van der Waals surface area (Å²) in [6.45, 7) is 1.85. The van der Waals surface area contributed by atoms with Gasteiger partial charge in [0, 0.05) is 55.8 Å². The van der Waals surface area contributed by atoms with Crippen molar-refractivity contribution < 1.29 is 18.4 Å². The number of halogens is 3. The minimum absolute atomic E-state index is 0.0827. The molecule has 2 heterocycles. The fraction of sp³-hybridized carbons (Fsp3) is 0.296. The van der Waals surface area contributed by atoms with Gasteiger partial charge in [-0.1, -0.05) is 0 Å². The molecule has 2 aromatic carbocycles. The van der Waals surface area contributed by atoms with E-state index >= 15 is 0 Å². The number of ketones is 1. The Morgan fingerprint density at radius 1 is 1.05 bits per heavy atom. The Balaban J connectivity index is 1.40. The van der Waals surface area contributed by atoms with E-state index in [1.54, 1.807) is 6.07 Å². The van der Waals surface area contributed by atoms with E-state index in [9.17, 15) is 18.4 Å². The number of carbonyl (C=O) groups is 2. The summed E-state index contributed by atoms with van der Waals surface area (Å²) in [6, 6.07) is 12.7. The number of benzene rings is 2. The average molecular weight is 528 g/mol. The molecule has 1 aromatic heterocycles. The number of pyridine rings is 1. The molecule has 3 aromatic rings. The van der Waals surface area contributed by atoms with Gasteiger partial charge in [0.25, 0.3) is 5.91 Å². The molecule has 0 radical (unpaired) electrons. The summed E-state index contributed by atoms with van der Waals surface area (Å²) in [4.78, 5) is 30.0. The van der Waals surface area contributed by atoms with Gasteiger partial charge in [0.15, 0.2) is 0 Å². The third kappa shape index (κ3) is 7.16. The fourth-order valence-electron chi connectivity index (χ4n) is 4.45. The molecule has 0 bridgehead atoms. The number of hydrogen-bond acceptors (Lipinski definition) is 6. The van der Waals surface area contributed by atoms with Crippen LogP contribution in [0.5, 0.6) is 0 Å². The van der Waals surface area contributed by atoms with Crippen molar-refractivity contribution in [3.05, 3.63) is 77.5 Å². The largest absolute Gasteiger partial charge is 0.380 e. The van der Waals surface area contributed by atoms with Crippen LogP contribution in [0.2, 0.25) is 0 Å². The van der Waals surface area contributed by atoms with Gasteiger partial charge in [-0.3, -0.25) is 9.59 Å². The third-order valence-corrected chi connectivity index (χ3v) is 6.66. The standard InChI is InChI=1S/C27H28ClF2N5O2/c28-14-23(36)11-17-5-7-35(8-6-17)22-3-1-21(2-4-22)34-26-13-25(24(16-33-26)27(31)37)32-15-18-9-19(29)12-20(30)10-18/h1-4,9-10,12-13,16-17H,5-8,11,14-15H2,(H2,31,37)(H2,32,33,34). The molecule has 0 unspecified atom stereocenters. The molecule has 0 aliphatic carbocycles. The zero-order valence-corrected chi connectivity index (χ0v) is 20.9. The lowest BCUT2D eigenvalue weighted by molar-refractivity contribution is -0.117. The van der Waals surface area contributed by atoms with Crippen LogP contribution < -0.4 is 21.3 Å². The Morgan fingerprint density at radius 3 is 2.35 bits per heavy atom. The number of nitrogens with two attached hydrogens (primary N) is 1.